The molecule has 25 heavy (non-hydrogen) atoms. The summed E-state index contributed by atoms with van der Waals surface area (Å²) in [5, 5.41) is 2.59. The minimum Gasteiger partial charge on any atom is -0.325 e. The minimum absolute atomic E-state index is 0.0434. The Morgan fingerprint density at radius 3 is 1.92 bits per heavy atom. The largest absolute Gasteiger partial charge is 0.325 e. The van der Waals surface area contributed by atoms with E-state index in [1.54, 1.807) is 13.8 Å². The molecule has 0 aliphatic carbocycles. The molecule has 6 nitrogen and oxygen atoms in total. The number of sulfone groups is 1. The molecule has 0 radical (unpaired) electrons. The van der Waals surface area contributed by atoms with Gasteiger partial charge < -0.3 is 11.1 Å². The van der Waals surface area contributed by atoms with E-state index in [9.17, 15) is 18.0 Å². The van der Waals surface area contributed by atoms with Crippen molar-refractivity contribution in [2.75, 3.05) is 5.32 Å². The van der Waals surface area contributed by atoms with Crippen LogP contribution < -0.4 is 11.1 Å². The number of benzene rings is 2. The highest BCUT2D eigenvalue weighted by Gasteiger charge is 2.18. The Morgan fingerprint density at radius 2 is 1.48 bits per heavy atom. The summed E-state index contributed by atoms with van der Waals surface area (Å²) in [6.45, 7) is 3.31. The molecule has 0 fully saturated rings. The Hall–Kier alpha value is -2.51. The van der Waals surface area contributed by atoms with E-state index in [2.05, 4.69) is 5.32 Å². The Kier molecular flexibility index (Phi) is 5.71. The Balaban J connectivity index is 2.24. The maximum atomic E-state index is 12.6. The molecule has 0 aromatic heterocycles. The van der Waals surface area contributed by atoms with Gasteiger partial charge in [0, 0.05) is 17.7 Å². The molecule has 0 saturated heterocycles. The molecule has 0 bridgehead atoms. The van der Waals surface area contributed by atoms with E-state index in [-0.39, 0.29) is 21.5 Å². The Bertz CT molecular complexity index is 870. The maximum Gasteiger partial charge on any atom is 0.240 e. The third kappa shape index (κ3) is 4.32. The quantitative estimate of drug-likeness (QED) is 0.769. The van der Waals surface area contributed by atoms with E-state index in [1.807, 2.05) is 0 Å². The van der Waals surface area contributed by atoms with Gasteiger partial charge in [0.1, 0.15) is 0 Å². The fourth-order valence-corrected chi connectivity index (χ4v) is 3.39. The summed E-state index contributed by atoms with van der Waals surface area (Å²) in [5.74, 6) is -0.398. The van der Waals surface area contributed by atoms with E-state index < -0.39 is 15.9 Å². The summed E-state index contributed by atoms with van der Waals surface area (Å²) in [6.07, 6.45) is 0.362. The predicted octanol–water partition coefficient (Wildman–Crippen LogP) is 2.40. The number of hydrogen-bond acceptors (Lipinski definition) is 5. The lowest BCUT2D eigenvalue weighted by Crippen LogP contribution is -2.32. The van der Waals surface area contributed by atoms with Crippen LogP contribution in [0.15, 0.2) is 58.3 Å². The zero-order valence-electron chi connectivity index (χ0n) is 14.0. The fourth-order valence-electron chi connectivity index (χ4n) is 2.13. The minimum atomic E-state index is -3.70. The average Bonchev–Trinajstić information content (AvgIpc) is 2.61. The molecule has 2 rings (SSSR count). The summed E-state index contributed by atoms with van der Waals surface area (Å²) < 4.78 is 25.3. The van der Waals surface area contributed by atoms with Gasteiger partial charge in [0.05, 0.1) is 15.8 Å². The second-order valence-corrected chi connectivity index (χ2v) is 7.56. The predicted molar refractivity (Wildman–Crippen MR) is 95.2 cm³/mol. The van der Waals surface area contributed by atoms with Crippen LogP contribution in [0.2, 0.25) is 0 Å². The topological polar surface area (TPSA) is 106 Å². The van der Waals surface area contributed by atoms with Crippen LogP contribution in [-0.4, -0.2) is 26.2 Å². The highest BCUT2D eigenvalue weighted by molar-refractivity contribution is 7.91. The van der Waals surface area contributed by atoms with Crippen molar-refractivity contribution < 1.29 is 18.0 Å². The summed E-state index contributed by atoms with van der Waals surface area (Å²) >= 11 is 0. The number of nitrogens with two attached hydrogens (primary N) is 1. The van der Waals surface area contributed by atoms with Crippen molar-refractivity contribution in [2.24, 2.45) is 5.73 Å². The van der Waals surface area contributed by atoms with E-state index >= 15 is 0 Å². The van der Waals surface area contributed by atoms with Crippen molar-refractivity contribution in [3.05, 3.63) is 54.1 Å². The van der Waals surface area contributed by atoms with Gasteiger partial charge in [-0.2, -0.15) is 0 Å². The van der Waals surface area contributed by atoms with Crippen molar-refractivity contribution in [2.45, 2.75) is 36.1 Å². The van der Waals surface area contributed by atoms with Gasteiger partial charge in [-0.05, 0) is 43.3 Å². The average molecular weight is 360 g/mol. The second-order valence-electron chi connectivity index (χ2n) is 5.61. The van der Waals surface area contributed by atoms with E-state index in [4.69, 9.17) is 5.73 Å². The molecule has 0 saturated carbocycles. The summed E-state index contributed by atoms with van der Waals surface area (Å²) in [5.41, 5.74) is 6.42. The van der Waals surface area contributed by atoms with Gasteiger partial charge in [-0.1, -0.05) is 19.1 Å². The number of Topliss-reactive ketones (excluding diaryl/α,β-unsaturated/α-hetero) is 1. The number of hydrogen-bond donors (Lipinski definition) is 2. The van der Waals surface area contributed by atoms with Crippen molar-refractivity contribution in [3.8, 4) is 0 Å². The number of anilines is 1. The molecule has 2 aromatic carbocycles. The normalized spacial score (nSPS) is 12.4. The number of nitrogens with one attached hydrogen (secondary N) is 1. The molecule has 1 unspecified atom stereocenters. The van der Waals surface area contributed by atoms with Gasteiger partial charge in [0.15, 0.2) is 5.78 Å². The number of ketones is 1. The number of amides is 1. The fraction of sp³-hybridized carbons (Fsp3) is 0.222. The zero-order chi connectivity index (χ0) is 18.6. The first-order valence-electron chi connectivity index (χ1n) is 7.80. The van der Waals surface area contributed by atoms with E-state index in [0.717, 1.165) is 0 Å². The van der Waals surface area contributed by atoms with Gasteiger partial charge in [0.25, 0.3) is 0 Å². The molecule has 2 aromatic rings. The standard InChI is InChI=1S/C18H20N2O4S/c1-3-17(21)13-4-8-15(9-5-13)25(23,24)16-10-6-14(7-11-16)20-18(22)12(2)19/h4-12H,3,19H2,1-2H3,(H,20,22). The van der Waals surface area contributed by atoms with Crippen LogP contribution in [-0.2, 0) is 14.6 Å². The molecule has 7 heteroatoms. The molecule has 0 aliphatic rings. The van der Waals surface area contributed by atoms with Crippen LogP contribution in [0.25, 0.3) is 0 Å². The smallest absolute Gasteiger partial charge is 0.240 e. The first kappa shape index (κ1) is 18.8. The van der Waals surface area contributed by atoms with Gasteiger partial charge >= 0.3 is 0 Å². The third-order valence-corrected chi connectivity index (χ3v) is 5.44. The molecule has 0 spiro atoms. The van der Waals surface area contributed by atoms with Crippen molar-refractivity contribution in [3.63, 3.8) is 0 Å². The van der Waals surface area contributed by atoms with Crippen molar-refractivity contribution in [1.29, 1.82) is 0 Å². The van der Waals surface area contributed by atoms with Crippen molar-refractivity contribution in [1.82, 2.24) is 0 Å². The zero-order valence-corrected chi connectivity index (χ0v) is 14.8. The first-order valence-corrected chi connectivity index (χ1v) is 9.29. The number of rotatable bonds is 6. The van der Waals surface area contributed by atoms with Gasteiger partial charge in [-0.15, -0.1) is 0 Å². The molecule has 1 amide bonds. The van der Waals surface area contributed by atoms with Gasteiger partial charge in [-0.3, -0.25) is 9.59 Å². The molecule has 0 aliphatic heterocycles. The number of carbonyl (C=O) groups excluding carboxylic acids is 2. The molecular formula is C18H20N2O4S. The third-order valence-electron chi connectivity index (χ3n) is 3.65. The lowest BCUT2D eigenvalue weighted by atomic mass is 10.1. The molecule has 1 atom stereocenters. The highest BCUT2D eigenvalue weighted by Crippen LogP contribution is 2.23. The maximum absolute atomic E-state index is 12.6. The van der Waals surface area contributed by atoms with Gasteiger partial charge in [-0.25, -0.2) is 8.42 Å². The van der Waals surface area contributed by atoms with Crippen LogP contribution in [0.3, 0.4) is 0 Å². The Morgan fingerprint density at radius 1 is 1.00 bits per heavy atom. The lowest BCUT2D eigenvalue weighted by Gasteiger charge is -2.09. The lowest BCUT2D eigenvalue weighted by molar-refractivity contribution is -0.117. The molecule has 3 N–H and O–H groups in total. The summed E-state index contributed by atoms with van der Waals surface area (Å²) in [6, 6.07) is 11.0. The highest BCUT2D eigenvalue weighted by atomic mass is 32.2. The summed E-state index contributed by atoms with van der Waals surface area (Å²) in [4.78, 5) is 23.4. The number of carbonyl (C=O) groups is 2. The van der Waals surface area contributed by atoms with Crippen LogP contribution in [0, 0.1) is 0 Å². The van der Waals surface area contributed by atoms with Crippen molar-refractivity contribution >= 4 is 27.2 Å². The second kappa shape index (κ2) is 7.58. The summed E-state index contributed by atoms with van der Waals surface area (Å²) in [7, 11) is -3.70. The van der Waals surface area contributed by atoms with Crippen LogP contribution in [0.5, 0.6) is 0 Å². The van der Waals surface area contributed by atoms with Crippen LogP contribution in [0.1, 0.15) is 30.6 Å². The van der Waals surface area contributed by atoms with Gasteiger partial charge in [0.2, 0.25) is 15.7 Å². The van der Waals surface area contributed by atoms with Crippen LogP contribution >= 0.6 is 0 Å². The molecule has 132 valence electrons. The monoisotopic (exact) mass is 360 g/mol. The van der Waals surface area contributed by atoms with E-state index in [0.29, 0.717) is 17.7 Å². The van der Waals surface area contributed by atoms with Crippen LogP contribution in [0.4, 0.5) is 5.69 Å². The SMILES string of the molecule is CCC(=O)c1ccc(S(=O)(=O)c2ccc(NC(=O)C(C)N)cc2)cc1. The molecule has 0 heterocycles. The van der Waals surface area contributed by atoms with E-state index in [1.165, 1.54) is 48.5 Å². The molecular weight excluding hydrogens is 340 g/mol. The first-order chi connectivity index (χ1) is 11.8. The Labute approximate surface area is 147 Å².